The summed E-state index contributed by atoms with van der Waals surface area (Å²) in [6.45, 7) is 5.32. The van der Waals surface area contributed by atoms with E-state index in [0.717, 1.165) is 37.4 Å². The van der Waals surface area contributed by atoms with Crippen LogP contribution in [0.4, 0.5) is 13.2 Å². The summed E-state index contributed by atoms with van der Waals surface area (Å²) in [6.07, 6.45) is 0.00397. The standard InChI is InChI=1S/C24H26ClF3N2O2/c1-3-13-30-14-5-4-12-20(30)22(16-8-6-9-17(15-16)32-2)29-23(31)18-10-7-11-19(21(18)25)24(26,27)28/h3,6-11,15,20,22H,1,4-5,12-14H2,2H3,(H,29,31)/t20-,22-/m0/s1. The minimum absolute atomic E-state index is 0.0534. The predicted octanol–water partition coefficient (Wildman–Crippen LogP) is 5.88. The zero-order chi connectivity index (χ0) is 23.3. The van der Waals surface area contributed by atoms with Crippen LogP contribution in [0.1, 0.15) is 46.8 Å². The van der Waals surface area contributed by atoms with Gasteiger partial charge in [0.2, 0.25) is 0 Å². The molecule has 1 aliphatic rings. The van der Waals surface area contributed by atoms with E-state index in [1.807, 2.05) is 24.3 Å². The molecule has 0 unspecified atom stereocenters. The molecule has 1 saturated heterocycles. The lowest BCUT2D eigenvalue weighted by Gasteiger charge is -2.40. The summed E-state index contributed by atoms with van der Waals surface area (Å²) in [5, 5.41) is 2.35. The summed E-state index contributed by atoms with van der Waals surface area (Å²) in [5.41, 5.74) is -0.432. The highest BCUT2D eigenvalue weighted by molar-refractivity contribution is 6.34. The molecule has 1 N–H and O–H groups in total. The lowest BCUT2D eigenvalue weighted by atomic mass is 9.90. The first-order chi connectivity index (χ1) is 15.3. The molecular weight excluding hydrogens is 441 g/mol. The van der Waals surface area contributed by atoms with E-state index in [1.165, 1.54) is 12.1 Å². The van der Waals surface area contributed by atoms with E-state index in [0.29, 0.717) is 12.3 Å². The molecular formula is C24H26ClF3N2O2. The summed E-state index contributed by atoms with van der Waals surface area (Å²) in [6, 6.07) is 10.2. The number of hydrogen-bond donors (Lipinski definition) is 1. The van der Waals surface area contributed by atoms with Crippen LogP contribution in [0, 0.1) is 0 Å². The number of ether oxygens (including phenoxy) is 1. The van der Waals surface area contributed by atoms with Crippen molar-refractivity contribution in [3.63, 3.8) is 0 Å². The highest BCUT2D eigenvalue weighted by atomic mass is 35.5. The third kappa shape index (κ3) is 5.45. The first kappa shape index (κ1) is 24.1. The van der Waals surface area contributed by atoms with Gasteiger partial charge in [-0.3, -0.25) is 9.69 Å². The molecule has 0 aromatic heterocycles. The van der Waals surface area contributed by atoms with Crippen molar-refractivity contribution < 1.29 is 22.7 Å². The van der Waals surface area contributed by atoms with Gasteiger partial charge in [-0.05, 0) is 49.2 Å². The molecule has 1 amide bonds. The summed E-state index contributed by atoms with van der Waals surface area (Å²) >= 11 is 6.01. The molecule has 2 aromatic carbocycles. The van der Waals surface area contributed by atoms with Gasteiger partial charge in [0.1, 0.15) is 5.75 Å². The highest BCUT2D eigenvalue weighted by Gasteiger charge is 2.36. The maximum Gasteiger partial charge on any atom is 0.417 e. The highest BCUT2D eigenvalue weighted by Crippen LogP contribution is 2.37. The van der Waals surface area contributed by atoms with Gasteiger partial charge in [0, 0.05) is 12.6 Å². The van der Waals surface area contributed by atoms with Gasteiger partial charge in [-0.15, -0.1) is 6.58 Å². The average molecular weight is 467 g/mol. The fourth-order valence-electron chi connectivity index (χ4n) is 4.17. The van der Waals surface area contributed by atoms with E-state index in [2.05, 4.69) is 16.8 Å². The fourth-order valence-corrected chi connectivity index (χ4v) is 4.49. The number of nitrogens with zero attached hydrogens (tertiary/aromatic N) is 1. The van der Waals surface area contributed by atoms with Gasteiger partial charge in [0.15, 0.2) is 0 Å². The van der Waals surface area contributed by atoms with E-state index in [9.17, 15) is 18.0 Å². The topological polar surface area (TPSA) is 41.6 Å². The molecule has 0 spiro atoms. The Hall–Kier alpha value is -2.51. The van der Waals surface area contributed by atoms with Crippen LogP contribution in [0.15, 0.2) is 55.1 Å². The third-order valence-corrected chi connectivity index (χ3v) is 6.11. The van der Waals surface area contributed by atoms with Crippen molar-refractivity contribution >= 4 is 17.5 Å². The maximum atomic E-state index is 13.3. The molecule has 1 fully saturated rings. The largest absolute Gasteiger partial charge is 0.497 e. The number of carbonyl (C=O) groups is 1. The van der Waals surface area contributed by atoms with Crippen molar-refractivity contribution in [1.29, 1.82) is 0 Å². The number of rotatable bonds is 7. The quantitative estimate of drug-likeness (QED) is 0.518. The van der Waals surface area contributed by atoms with E-state index < -0.39 is 28.7 Å². The summed E-state index contributed by atoms with van der Waals surface area (Å²) < 4.78 is 45.2. The second kappa shape index (κ2) is 10.4. The zero-order valence-electron chi connectivity index (χ0n) is 17.8. The van der Waals surface area contributed by atoms with Crippen LogP contribution in [0.5, 0.6) is 5.75 Å². The molecule has 1 heterocycles. The number of methoxy groups -OCH3 is 1. The first-order valence-corrected chi connectivity index (χ1v) is 10.8. The van der Waals surface area contributed by atoms with Crippen molar-refractivity contribution in [2.75, 3.05) is 20.2 Å². The van der Waals surface area contributed by atoms with Gasteiger partial charge >= 0.3 is 6.18 Å². The Balaban J connectivity index is 1.99. The minimum atomic E-state index is -4.65. The van der Waals surface area contributed by atoms with E-state index in [-0.39, 0.29) is 11.6 Å². The fraction of sp³-hybridized carbons (Fsp3) is 0.375. The second-order valence-corrected chi connectivity index (χ2v) is 8.12. The number of alkyl halides is 3. The van der Waals surface area contributed by atoms with Crippen molar-refractivity contribution in [2.45, 2.75) is 37.5 Å². The van der Waals surface area contributed by atoms with Gasteiger partial charge in [-0.2, -0.15) is 13.2 Å². The molecule has 32 heavy (non-hydrogen) atoms. The summed E-state index contributed by atoms with van der Waals surface area (Å²) in [4.78, 5) is 15.4. The molecule has 1 aliphatic heterocycles. The smallest absolute Gasteiger partial charge is 0.417 e. The molecule has 0 saturated carbocycles. The van der Waals surface area contributed by atoms with Crippen LogP contribution >= 0.6 is 11.6 Å². The van der Waals surface area contributed by atoms with Gasteiger partial charge < -0.3 is 10.1 Å². The van der Waals surface area contributed by atoms with E-state index in [1.54, 1.807) is 13.2 Å². The number of nitrogens with one attached hydrogen (secondary N) is 1. The SMILES string of the molecule is C=CCN1CCCC[C@H]1[C@@H](NC(=O)c1cccc(C(F)(F)F)c1Cl)c1cccc(OC)c1. The van der Waals surface area contributed by atoms with Gasteiger partial charge in [-0.1, -0.05) is 42.3 Å². The van der Waals surface area contributed by atoms with E-state index >= 15 is 0 Å². The molecule has 8 heteroatoms. The van der Waals surface area contributed by atoms with Crippen molar-refractivity contribution in [3.05, 3.63) is 76.8 Å². The number of benzene rings is 2. The minimum Gasteiger partial charge on any atom is -0.497 e. The number of hydrogen-bond acceptors (Lipinski definition) is 3. The maximum absolute atomic E-state index is 13.3. The molecule has 2 atom stereocenters. The van der Waals surface area contributed by atoms with Gasteiger partial charge in [0.25, 0.3) is 5.91 Å². The first-order valence-electron chi connectivity index (χ1n) is 10.4. The Morgan fingerprint density at radius 2 is 2.06 bits per heavy atom. The summed E-state index contributed by atoms with van der Waals surface area (Å²) in [7, 11) is 1.56. The van der Waals surface area contributed by atoms with Crippen LogP contribution < -0.4 is 10.1 Å². The van der Waals surface area contributed by atoms with Crippen molar-refractivity contribution in [2.24, 2.45) is 0 Å². The molecule has 2 aromatic rings. The number of amides is 1. The Kier molecular flexibility index (Phi) is 7.85. The zero-order valence-corrected chi connectivity index (χ0v) is 18.5. The number of carbonyl (C=O) groups excluding carboxylic acids is 1. The number of piperidine rings is 1. The monoisotopic (exact) mass is 466 g/mol. The van der Waals surface area contributed by atoms with Gasteiger partial charge in [0.05, 0.1) is 29.3 Å². The Morgan fingerprint density at radius 3 is 2.75 bits per heavy atom. The molecule has 3 rings (SSSR count). The van der Waals surface area contributed by atoms with Crippen LogP contribution in [0.25, 0.3) is 0 Å². The lowest BCUT2D eigenvalue weighted by Crippen LogP contribution is -2.48. The normalized spacial score (nSPS) is 18.1. The van der Waals surface area contributed by atoms with Crippen molar-refractivity contribution in [1.82, 2.24) is 10.2 Å². The van der Waals surface area contributed by atoms with Crippen LogP contribution in [-0.4, -0.2) is 37.0 Å². The van der Waals surface area contributed by atoms with Crippen molar-refractivity contribution in [3.8, 4) is 5.75 Å². The lowest BCUT2D eigenvalue weighted by molar-refractivity contribution is -0.137. The second-order valence-electron chi connectivity index (χ2n) is 7.74. The third-order valence-electron chi connectivity index (χ3n) is 5.70. The number of likely N-dealkylation sites (tertiary alicyclic amines) is 1. The molecule has 0 aliphatic carbocycles. The Morgan fingerprint density at radius 1 is 1.31 bits per heavy atom. The Bertz CT molecular complexity index is 965. The molecule has 0 radical (unpaired) electrons. The number of halogens is 4. The van der Waals surface area contributed by atoms with Crippen LogP contribution in [-0.2, 0) is 6.18 Å². The van der Waals surface area contributed by atoms with Crippen LogP contribution in [0.3, 0.4) is 0 Å². The summed E-state index contributed by atoms with van der Waals surface area (Å²) in [5.74, 6) is -0.0250. The molecule has 172 valence electrons. The molecule has 0 bridgehead atoms. The van der Waals surface area contributed by atoms with Crippen LogP contribution in [0.2, 0.25) is 5.02 Å². The molecule has 4 nitrogen and oxygen atoms in total. The predicted molar refractivity (Wildman–Crippen MR) is 119 cm³/mol. The van der Waals surface area contributed by atoms with Gasteiger partial charge in [-0.25, -0.2) is 0 Å². The Labute approximate surface area is 191 Å². The van der Waals surface area contributed by atoms with E-state index in [4.69, 9.17) is 16.3 Å². The average Bonchev–Trinajstić information content (AvgIpc) is 2.77.